The Morgan fingerprint density at radius 2 is 2.09 bits per heavy atom. The normalized spacial score (nSPS) is 15.3. The van der Waals surface area contributed by atoms with Gasteiger partial charge in [-0.25, -0.2) is 5.43 Å². The third-order valence-corrected chi connectivity index (χ3v) is 3.90. The zero-order chi connectivity index (χ0) is 16.5. The summed E-state index contributed by atoms with van der Waals surface area (Å²) in [6.45, 7) is -0.0508. The fourth-order valence-electron chi connectivity index (χ4n) is 2.62. The minimum atomic E-state index is -0.340. The fraction of sp³-hybridized carbons (Fsp3) is 0.471. The number of carbonyl (C=O) groups is 2. The topological polar surface area (TPSA) is 79.8 Å². The van der Waals surface area contributed by atoms with E-state index in [1.165, 1.54) is 12.6 Å². The lowest BCUT2D eigenvalue weighted by atomic mass is 9.89. The van der Waals surface area contributed by atoms with E-state index in [2.05, 4.69) is 15.8 Å². The number of hydrazone groups is 1. The SMILES string of the molecule is COc1cccc(C=NNC(=O)CNC(=O)C2CCCCC2)c1. The van der Waals surface area contributed by atoms with Crippen molar-refractivity contribution in [2.24, 2.45) is 11.0 Å². The van der Waals surface area contributed by atoms with Gasteiger partial charge >= 0.3 is 0 Å². The van der Waals surface area contributed by atoms with E-state index in [9.17, 15) is 9.59 Å². The molecule has 2 N–H and O–H groups in total. The van der Waals surface area contributed by atoms with Crippen molar-refractivity contribution in [1.82, 2.24) is 10.7 Å². The molecule has 2 rings (SSSR count). The van der Waals surface area contributed by atoms with Gasteiger partial charge < -0.3 is 10.1 Å². The Hall–Kier alpha value is -2.37. The molecule has 1 aromatic rings. The molecule has 0 saturated heterocycles. The van der Waals surface area contributed by atoms with Gasteiger partial charge in [0.05, 0.1) is 19.9 Å². The van der Waals surface area contributed by atoms with E-state index in [1.54, 1.807) is 13.2 Å². The van der Waals surface area contributed by atoms with E-state index in [4.69, 9.17) is 4.74 Å². The van der Waals surface area contributed by atoms with Crippen LogP contribution in [-0.2, 0) is 9.59 Å². The Labute approximate surface area is 136 Å². The van der Waals surface area contributed by atoms with Gasteiger partial charge in [0.25, 0.3) is 5.91 Å². The number of ether oxygens (including phenoxy) is 1. The van der Waals surface area contributed by atoms with Crippen LogP contribution < -0.4 is 15.5 Å². The predicted molar refractivity (Wildman–Crippen MR) is 88.3 cm³/mol. The summed E-state index contributed by atoms with van der Waals surface area (Å²) >= 11 is 0. The molecule has 0 radical (unpaired) electrons. The molecule has 23 heavy (non-hydrogen) atoms. The number of nitrogens with one attached hydrogen (secondary N) is 2. The molecule has 1 aliphatic carbocycles. The van der Waals surface area contributed by atoms with Gasteiger partial charge in [-0.2, -0.15) is 5.10 Å². The largest absolute Gasteiger partial charge is 0.497 e. The molecule has 0 aliphatic heterocycles. The molecular formula is C17H23N3O3. The molecule has 0 heterocycles. The highest BCUT2D eigenvalue weighted by molar-refractivity contribution is 5.87. The number of nitrogens with zero attached hydrogens (tertiary/aromatic N) is 1. The van der Waals surface area contributed by atoms with Crippen LogP contribution in [0, 0.1) is 5.92 Å². The van der Waals surface area contributed by atoms with E-state index in [0.29, 0.717) is 0 Å². The number of amides is 2. The minimum Gasteiger partial charge on any atom is -0.497 e. The molecule has 1 fully saturated rings. The summed E-state index contributed by atoms with van der Waals surface area (Å²) in [4.78, 5) is 23.6. The summed E-state index contributed by atoms with van der Waals surface area (Å²) in [6, 6.07) is 7.33. The summed E-state index contributed by atoms with van der Waals surface area (Å²) in [5.74, 6) is 0.404. The van der Waals surface area contributed by atoms with Crippen LogP contribution in [0.5, 0.6) is 5.75 Å². The van der Waals surface area contributed by atoms with Crippen LogP contribution >= 0.6 is 0 Å². The molecule has 0 aromatic heterocycles. The quantitative estimate of drug-likeness (QED) is 0.620. The zero-order valence-corrected chi connectivity index (χ0v) is 13.4. The number of methoxy groups -OCH3 is 1. The third-order valence-electron chi connectivity index (χ3n) is 3.90. The highest BCUT2D eigenvalue weighted by Gasteiger charge is 2.21. The summed E-state index contributed by atoms with van der Waals surface area (Å²) in [7, 11) is 1.59. The second kappa shape index (κ2) is 8.92. The Kier molecular flexibility index (Phi) is 6.59. The first-order valence-electron chi connectivity index (χ1n) is 7.92. The lowest BCUT2D eigenvalue weighted by molar-refractivity contribution is -0.129. The summed E-state index contributed by atoms with van der Waals surface area (Å²) < 4.78 is 5.11. The first-order chi connectivity index (χ1) is 11.2. The highest BCUT2D eigenvalue weighted by atomic mass is 16.5. The first-order valence-corrected chi connectivity index (χ1v) is 7.92. The standard InChI is InChI=1S/C17H23N3O3/c1-23-15-9-5-6-13(10-15)11-19-20-16(21)12-18-17(22)14-7-3-2-4-8-14/h5-6,9-11,14H,2-4,7-8,12H2,1H3,(H,18,22)(H,20,21). The monoisotopic (exact) mass is 317 g/mol. The molecule has 1 saturated carbocycles. The molecule has 0 spiro atoms. The number of hydrogen-bond donors (Lipinski definition) is 2. The van der Waals surface area contributed by atoms with Gasteiger partial charge in [0.2, 0.25) is 5.91 Å². The van der Waals surface area contributed by atoms with Gasteiger partial charge in [0.1, 0.15) is 5.75 Å². The third kappa shape index (κ3) is 5.73. The van der Waals surface area contributed by atoms with Gasteiger partial charge in [-0.3, -0.25) is 9.59 Å². The summed E-state index contributed by atoms with van der Waals surface area (Å²) in [5.41, 5.74) is 3.22. The predicted octanol–water partition coefficient (Wildman–Crippen LogP) is 1.84. The van der Waals surface area contributed by atoms with Crippen LogP contribution in [0.25, 0.3) is 0 Å². The molecule has 1 aliphatic rings. The average molecular weight is 317 g/mol. The Balaban J connectivity index is 1.71. The van der Waals surface area contributed by atoms with Crippen molar-refractivity contribution in [2.75, 3.05) is 13.7 Å². The molecule has 124 valence electrons. The number of rotatable bonds is 6. The zero-order valence-electron chi connectivity index (χ0n) is 13.4. The van der Waals surface area contributed by atoms with Crippen molar-refractivity contribution in [3.8, 4) is 5.75 Å². The summed E-state index contributed by atoms with van der Waals surface area (Å²) in [5, 5.41) is 6.55. The highest BCUT2D eigenvalue weighted by Crippen LogP contribution is 2.23. The van der Waals surface area contributed by atoms with Crippen molar-refractivity contribution in [3.05, 3.63) is 29.8 Å². The second-order valence-corrected chi connectivity index (χ2v) is 5.62. The van der Waals surface area contributed by atoms with Crippen molar-refractivity contribution in [1.29, 1.82) is 0 Å². The maximum Gasteiger partial charge on any atom is 0.259 e. The van der Waals surface area contributed by atoms with Crippen LogP contribution in [0.2, 0.25) is 0 Å². The van der Waals surface area contributed by atoms with Crippen molar-refractivity contribution in [3.63, 3.8) is 0 Å². The Morgan fingerprint density at radius 1 is 1.30 bits per heavy atom. The Bertz CT molecular complexity index is 566. The molecular weight excluding hydrogens is 294 g/mol. The van der Waals surface area contributed by atoms with Gasteiger partial charge in [-0.05, 0) is 30.5 Å². The van der Waals surface area contributed by atoms with E-state index >= 15 is 0 Å². The lowest BCUT2D eigenvalue weighted by Gasteiger charge is -2.20. The Morgan fingerprint density at radius 3 is 2.83 bits per heavy atom. The maximum atomic E-state index is 11.9. The van der Waals surface area contributed by atoms with Crippen LogP contribution in [0.4, 0.5) is 0 Å². The maximum absolute atomic E-state index is 11.9. The molecule has 0 unspecified atom stereocenters. The second-order valence-electron chi connectivity index (χ2n) is 5.62. The number of benzene rings is 1. The van der Waals surface area contributed by atoms with E-state index in [1.807, 2.05) is 18.2 Å². The first kappa shape index (κ1) is 17.0. The van der Waals surface area contributed by atoms with Gasteiger partial charge in [-0.1, -0.05) is 31.4 Å². The molecule has 0 bridgehead atoms. The lowest BCUT2D eigenvalue weighted by Crippen LogP contribution is -2.38. The van der Waals surface area contributed by atoms with E-state index in [0.717, 1.165) is 37.0 Å². The van der Waals surface area contributed by atoms with Gasteiger partial charge in [0.15, 0.2) is 0 Å². The number of carbonyl (C=O) groups excluding carboxylic acids is 2. The van der Waals surface area contributed by atoms with Gasteiger partial charge in [0, 0.05) is 5.92 Å². The molecule has 6 heteroatoms. The molecule has 2 amide bonds. The van der Waals surface area contributed by atoms with Crippen LogP contribution in [0.3, 0.4) is 0 Å². The average Bonchev–Trinajstić information content (AvgIpc) is 2.60. The van der Waals surface area contributed by atoms with Gasteiger partial charge in [-0.15, -0.1) is 0 Å². The number of hydrogen-bond acceptors (Lipinski definition) is 4. The van der Waals surface area contributed by atoms with Crippen molar-refractivity contribution in [2.45, 2.75) is 32.1 Å². The smallest absolute Gasteiger partial charge is 0.259 e. The van der Waals surface area contributed by atoms with Crippen molar-refractivity contribution >= 4 is 18.0 Å². The summed E-state index contributed by atoms with van der Waals surface area (Å²) in [6.07, 6.45) is 6.75. The van der Waals surface area contributed by atoms with E-state index < -0.39 is 0 Å². The molecule has 0 atom stereocenters. The molecule has 1 aromatic carbocycles. The van der Waals surface area contributed by atoms with Crippen LogP contribution in [0.1, 0.15) is 37.7 Å². The van der Waals surface area contributed by atoms with Crippen LogP contribution in [-0.4, -0.2) is 31.7 Å². The van der Waals surface area contributed by atoms with Crippen LogP contribution in [0.15, 0.2) is 29.4 Å². The van der Waals surface area contributed by atoms with Crippen molar-refractivity contribution < 1.29 is 14.3 Å². The van der Waals surface area contributed by atoms with E-state index in [-0.39, 0.29) is 24.3 Å². The molecule has 6 nitrogen and oxygen atoms in total. The minimum absolute atomic E-state index is 0.0309. The fourth-order valence-corrected chi connectivity index (χ4v) is 2.62.